The van der Waals surface area contributed by atoms with Crippen LogP contribution >= 0.6 is 11.8 Å². The minimum Gasteiger partial charge on any atom is -0.464 e. The Labute approximate surface area is 180 Å². The molecule has 2 aromatic rings. The van der Waals surface area contributed by atoms with Crippen LogP contribution in [0.4, 0.5) is 4.79 Å². The predicted molar refractivity (Wildman–Crippen MR) is 119 cm³/mol. The Morgan fingerprint density at radius 2 is 1.90 bits per heavy atom. The second kappa shape index (κ2) is 8.52. The van der Waals surface area contributed by atoms with E-state index >= 15 is 0 Å². The number of thioether (sulfide) groups is 1. The number of ether oxygens (including phenoxy) is 1. The van der Waals surface area contributed by atoms with E-state index in [4.69, 9.17) is 4.74 Å². The molecule has 0 unspecified atom stereocenters. The summed E-state index contributed by atoms with van der Waals surface area (Å²) in [6.45, 7) is 11.6. The highest BCUT2D eigenvalue weighted by atomic mass is 32.2. The summed E-state index contributed by atoms with van der Waals surface area (Å²) in [5.41, 5.74) is 6.36. The van der Waals surface area contributed by atoms with Gasteiger partial charge in [-0.05, 0) is 88.2 Å². The molecule has 1 aliphatic heterocycles. The first-order chi connectivity index (χ1) is 14.2. The molecule has 0 saturated carbocycles. The minimum absolute atomic E-state index is 0.194. The Balaban J connectivity index is 1.97. The fraction of sp³-hybridized carbons (Fsp3) is 0.348. The molecule has 3 rings (SSSR count). The number of esters is 1. The highest BCUT2D eigenvalue weighted by molar-refractivity contribution is 8.18. The molecule has 158 valence electrons. The standard InChI is InChI=1S/C23H26N2O4S/c1-7-29-22(27)17(6)25-21(26)20(30-23(25)28)12-18-11-14(3)24(16(18)5)19-10-8-9-13(2)15(19)4/h8-12,17H,7H2,1-6H3/b20-12+/t17-/m1/s1. The van der Waals surface area contributed by atoms with Gasteiger partial charge < -0.3 is 9.30 Å². The molecule has 0 spiro atoms. The fourth-order valence-corrected chi connectivity index (χ4v) is 4.50. The summed E-state index contributed by atoms with van der Waals surface area (Å²) in [5, 5.41) is -0.463. The molecule has 7 heteroatoms. The van der Waals surface area contributed by atoms with Crippen LogP contribution in [0.25, 0.3) is 11.8 Å². The lowest BCUT2D eigenvalue weighted by Crippen LogP contribution is -2.42. The number of hydrogen-bond donors (Lipinski definition) is 0. The average molecular weight is 427 g/mol. The van der Waals surface area contributed by atoms with Gasteiger partial charge >= 0.3 is 5.97 Å². The second-order valence-corrected chi connectivity index (χ2v) is 8.35. The van der Waals surface area contributed by atoms with Gasteiger partial charge in [-0.15, -0.1) is 0 Å². The maximum Gasteiger partial charge on any atom is 0.329 e. The lowest BCUT2D eigenvalue weighted by molar-refractivity contribution is -0.150. The first-order valence-electron chi connectivity index (χ1n) is 9.86. The number of imide groups is 1. The van der Waals surface area contributed by atoms with E-state index in [1.54, 1.807) is 13.0 Å². The van der Waals surface area contributed by atoms with Gasteiger partial charge in [-0.1, -0.05) is 12.1 Å². The van der Waals surface area contributed by atoms with Crippen molar-refractivity contribution in [2.75, 3.05) is 6.61 Å². The van der Waals surface area contributed by atoms with E-state index in [1.165, 1.54) is 18.1 Å². The van der Waals surface area contributed by atoms with E-state index in [1.807, 2.05) is 26.0 Å². The van der Waals surface area contributed by atoms with Crippen LogP contribution in [0, 0.1) is 27.7 Å². The lowest BCUT2D eigenvalue weighted by Gasteiger charge is -2.19. The van der Waals surface area contributed by atoms with Crippen molar-refractivity contribution in [3.8, 4) is 5.69 Å². The van der Waals surface area contributed by atoms with E-state index < -0.39 is 23.2 Å². The van der Waals surface area contributed by atoms with Crippen molar-refractivity contribution in [1.29, 1.82) is 0 Å². The number of aryl methyl sites for hydroxylation is 2. The highest BCUT2D eigenvalue weighted by Crippen LogP contribution is 2.35. The van der Waals surface area contributed by atoms with Crippen molar-refractivity contribution in [3.05, 3.63) is 57.2 Å². The fourth-order valence-electron chi connectivity index (χ4n) is 3.61. The van der Waals surface area contributed by atoms with Crippen molar-refractivity contribution >= 4 is 35.0 Å². The third-order valence-corrected chi connectivity index (χ3v) is 6.30. The topological polar surface area (TPSA) is 68.6 Å². The van der Waals surface area contributed by atoms with Crippen LogP contribution in [0.5, 0.6) is 0 Å². The largest absolute Gasteiger partial charge is 0.464 e. The summed E-state index contributed by atoms with van der Waals surface area (Å²) >= 11 is 0.847. The zero-order valence-corrected chi connectivity index (χ0v) is 18.9. The number of carbonyl (C=O) groups excluding carboxylic acids is 3. The number of benzene rings is 1. The molecule has 6 nitrogen and oxygen atoms in total. The Morgan fingerprint density at radius 1 is 1.20 bits per heavy atom. The first-order valence-corrected chi connectivity index (χ1v) is 10.7. The summed E-state index contributed by atoms with van der Waals surface area (Å²) in [4.78, 5) is 38.5. The molecule has 0 aliphatic carbocycles. The van der Waals surface area contributed by atoms with Crippen molar-refractivity contribution < 1.29 is 19.1 Å². The first kappa shape index (κ1) is 21.9. The number of hydrogen-bond acceptors (Lipinski definition) is 5. The van der Waals surface area contributed by atoms with Crippen molar-refractivity contribution in [3.63, 3.8) is 0 Å². The number of nitrogens with zero attached hydrogens (tertiary/aromatic N) is 2. The molecular formula is C23H26N2O4S. The van der Waals surface area contributed by atoms with Gasteiger partial charge in [-0.25, -0.2) is 4.79 Å². The van der Waals surface area contributed by atoms with Crippen LogP contribution < -0.4 is 0 Å². The van der Waals surface area contributed by atoms with Crippen LogP contribution in [-0.4, -0.2) is 39.2 Å². The molecule has 30 heavy (non-hydrogen) atoms. The summed E-state index contributed by atoms with van der Waals surface area (Å²) in [6.07, 6.45) is 1.73. The molecule has 1 aromatic heterocycles. The molecular weight excluding hydrogens is 400 g/mol. The predicted octanol–water partition coefficient (Wildman–Crippen LogP) is 4.70. The Bertz CT molecular complexity index is 1070. The van der Waals surface area contributed by atoms with Gasteiger partial charge in [-0.2, -0.15) is 0 Å². The third-order valence-electron chi connectivity index (χ3n) is 5.41. The van der Waals surface area contributed by atoms with E-state index in [0.717, 1.165) is 39.3 Å². The molecule has 0 bridgehead atoms. The van der Waals surface area contributed by atoms with Gasteiger partial charge in [0.15, 0.2) is 0 Å². The normalized spacial score (nSPS) is 16.5. The summed E-state index contributed by atoms with van der Waals surface area (Å²) in [6, 6.07) is 7.22. The van der Waals surface area contributed by atoms with Crippen LogP contribution in [0.15, 0.2) is 29.2 Å². The lowest BCUT2D eigenvalue weighted by atomic mass is 10.1. The monoisotopic (exact) mass is 426 g/mol. The van der Waals surface area contributed by atoms with Gasteiger partial charge in [0.1, 0.15) is 6.04 Å². The van der Waals surface area contributed by atoms with E-state index in [2.05, 4.69) is 30.5 Å². The molecule has 1 aromatic carbocycles. The SMILES string of the molecule is CCOC(=O)[C@@H](C)N1C(=O)S/C(=C/c2cc(C)n(-c3cccc(C)c3C)c2C)C1=O. The quantitative estimate of drug-likeness (QED) is 0.512. The number of amides is 2. The summed E-state index contributed by atoms with van der Waals surface area (Å²) < 4.78 is 7.11. The highest BCUT2D eigenvalue weighted by Gasteiger charge is 2.41. The van der Waals surface area contributed by atoms with Gasteiger partial charge in [0, 0.05) is 17.1 Å². The Kier molecular flexibility index (Phi) is 6.22. The second-order valence-electron chi connectivity index (χ2n) is 7.36. The van der Waals surface area contributed by atoms with Crippen LogP contribution in [0.1, 0.15) is 41.9 Å². The molecule has 0 radical (unpaired) electrons. The smallest absolute Gasteiger partial charge is 0.329 e. The van der Waals surface area contributed by atoms with E-state index in [-0.39, 0.29) is 6.61 Å². The van der Waals surface area contributed by atoms with Gasteiger partial charge in [-0.3, -0.25) is 14.5 Å². The van der Waals surface area contributed by atoms with E-state index in [0.29, 0.717) is 4.91 Å². The van der Waals surface area contributed by atoms with Gasteiger partial charge in [0.2, 0.25) is 0 Å². The molecule has 0 N–H and O–H groups in total. The van der Waals surface area contributed by atoms with Crippen molar-refractivity contribution in [2.24, 2.45) is 0 Å². The molecule has 2 amide bonds. The van der Waals surface area contributed by atoms with Crippen molar-refractivity contribution in [2.45, 2.75) is 47.6 Å². The van der Waals surface area contributed by atoms with Crippen LogP contribution in [-0.2, 0) is 14.3 Å². The number of aromatic nitrogens is 1. The molecule has 2 heterocycles. The molecule has 1 atom stereocenters. The van der Waals surface area contributed by atoms with Crippen LogP contribution in [0.2, 0.25) is 0 Å². The third kappa shape index (κ3) is 3.81. The van der Waals surface area contributed by atoms with Gasteiger partial charge in [0.05, 0.1) is 11.5 Å². The average Bonchev–Trinajstić information content (AvgIpc) is 3.12. The summed E-state index contributed by atoms with van der Waals surface area (Å²) in [5.74, 6) is -1.06. The number of rotatable bonds is 5. The van der Waals surface area contributed by atoms with Crippen molar-refractivity contribution in [1.82, 2.24) is 9.47 Å². The van der Waals surface area contributed by atoms with Crippen LogP contribution in [0.3, 0.4) is 0 Å². The maximum absolute atomic E-state index is 12.8. The summed E-state index contributed by atoms with van der Waals surface area (Å²) in [7, 11) is 0. The zero-order valence-electron chi connectivity index (χ0n) is 18.1. The molecule has 1 fully saturated rings. The molecule has 1 aliphatic rings. The molecule has 1 saturated heterocycles. The van der Waals surface area contributed by atoms with E-state index in [9.17, 15) is 14.4 Å². The Morgan fingerprint density at radius 3 is 2.57 bits per heavy atom. The Hall–Kier alpha value is -2.80. The number of carbonyl (C=O) groups is 3. The zero-order chi connectivity index (χ0) is 22.2. The van der Waals surface area contributed by atoms with Gasteiger partial charge in [0.25, 0.3) is 11.1 Å². The maximum atomic E-state index is 12.8. The minimum atomic E-state index is -0.953.